The van der Waals surface area contributed by atoms with Gasteiger partial charge >= 0.3 is 6.18 Å². The Kier molecular flexibility index (Phi) is 7.29. The first kappa shape index (κ1) is 17.2. The van der Waals surface area contributed by atoms with Crippen molar-refractivity contribution in [2.75, 3.05) is 39.8 Å². The Bertz CT molecular complexity index is 291. The third kappa shape index (κ3) is 8.37. The molecule has 0 radical (unpaired) electrons. The molecule has 0 unspecified atom stereocenters. The Hall–Kier alpha value is -0.820. The largest absolute Gasteiger partial charge is 0.401 e. The summed E-state index contributed by atoms with van der Waals surface area (Å²) in [5.41, 5.74) is 0. The summed E-state index contributed by atoms with van der Waals surface area (Å²) in [4.78, 5) is 12.7. The molecule has 0 aromatic rings. The standard InChI is InChI=1S/C13H24F3N3O/c1-19(10-13(14,15)16)9-8-18-12(20)3-2-11-4-6-17-7-5-11/h11,17H,2-10H2,1H3,(H,18,20). The third-order valence-corrected chi connectivity index (χ3v) is 3.50. The van der Waals surface area contributed by atoms with Crippen molar-refractivity contribution in [2.45, 2.75) is 31.9 Å². The molecule has 0 aliphatic carbocycles. The highest BCUT2D eigenvalue weighted by Gasteiger charge is 2.28. The quantitative estimate of drug-likeness (QED) is 0.746. The molecule has 0 aromatic carbocycles. The van der Waals surface area contributed by atoms with E-state index in [0.29, 0.717) is 12.3 Å². The van der Waals surface area contributed by atoms with E-state index in [4.69, 9.17) is 0 Å². The third-order valence-electron chi connectivity index (χ3n) is 3.50. The maximum Gasteiger partial charge on any atom is 0.401 e. The summed E-state index contributed by atoms with van der Waals surface area (Å²) in [7, 11) is 1.40. The van der Waals surface area contributed by atoms with Gasteiger partial charge < -0.3 is 10.6 Å². The van der Waals surface area contributed by atoms with Crippen LogP contribution in [-0.2, 0) is 4.79 Å². The molecule has 1 saturated heterocycles. The van der Waals surface area contributed by atoms with Crippen LogP contribution in [0.25, 0.3) is 0 Å². The van der Waals surface area contributed by atoms with Gasteiger partial charge in [0.15, 0.2) is 0 Å². The van der Waals surface area contributed by atoms with Gasteiger partial charge in [-0.05, 0) is 45.3 Å². The van der Waals surface area contributed by atoms with Crippen molar-refractivity contribution in [3.8, 4) is 0 Å². The van der Waals surface area contributed by atoms with Gasteiger partial charge in [0.25, 0.3) is 0 Å². The van der Waals surface area contributed by atoms with Crippen molar-refractivity contribution in [3.05, 3.63) is 0 Å². The van der Waals surface area contributed by atoms with Crippen LogP contribution in [0.3, 0.4) is 0 Å². The fourth-order valence-corrected chi connectivity index (χ4v) is 2.37. The van der Waals surface area contributed by atoms with E-state index in [2.05, 4.69) is 10.6 Å². The highest BCUT2D eigenvalue weighted by molar-refractivity contribution is 5.75. The highest BCUT2D eigenvalue weighted by atomic mass is 19.4. The van der Waals surface area contributed by atoms with Gasteiger partial charge in [0.2, 0.25) is 5.91 Å². The summed E-state index contributed by atoms with van der Waals surface area (Å²) in [5, 5.41) is 5.95. The van der Waals surface area contributed by atoms with Crippen molar-refractivity contribution in [1.29, 1.82) is 0 Å². The average Bonchev–Trinajstić information content (AvgIpc) is 2.35. The summed E-state index contributed by atoms with van der Waals surface area (Å²) in [5.74, 6) is 0.527. The molecule has 1 rings (SSSR count). The number of hydrogen-bond donors (Lipinski definition) is 2. The molecule has 118 valence electrons. The predicted molar refractivity (Wildman–Crippen MR) is 71.4 cm³/mol. The van der Waals surface area contributed by atoms with E-state index in [1.54, 1.807) is 0 Å². The van der Waals surface area contributed by atoms with Gasteiger partial charge in [-0.25, -0.2) is 0 Å². The molecule has 4 nitrogen and oxygen atoms in total. The van der Waals surface area contributed by atoms with Crippen molar-refractivity contribution >= 4 is 5.91 Å². The van der Waals surface area contributed by atoms with Crippen LogP contribution in [0.5, 0.6) is 0 Å². The highest BCUT2D eigenvalue weighted by Crippen LogP contribution is 2.17. The second kappa shape index (κ2) is 8.46. The lowest BCUT2D eigenvalue weighted by Gasteiger charge is -2.22. The fourth-order valence-electron chi connectivity index (χ4n) is 2.37. The molecule has 20 heavy (non-hydrogen) atoms. The molecule has 1 amide bonds. The van der Waals surface area contributed by atoms with Crippen LogP contribution in [0, 0.1) is 5.92 Å². The number of carbonyl (C=O) groups is 1. The van der Waals surface area contributed by atoms with Crippen LogP contribution in [0.2, 0.25) is 0 Å². The normalized spacial score (nSPS) is 17.4. The molecule has 1 aliphatic heterocycles. The van der Waals surface area contributed by atoms with E-state index in [0.717, 1.165) is 37.3 Å². The van der Waals surface area contributed by atoms with Gasteiger partial charge in [-0.1, -0.05) is 0 Å². The molecule has 1 heterocycles. The summed E-state index contributed by atoms with van der Waals surface area (Å²) in [6.45, 7) is 1.54. The maximum absolute atomic E-state index is 12.1. The molecule has 0 aromatic heterocycles. The molecule has 0 bridgehead atoms. The Morgan fingerprint density at radius 2 is 2.00 bits per heavy atom. The van der Waals surface area contributed by atoms with Crippen molar-refractivity contribution < 1.29 is 18.0 Å². The SMILES string of the molecule is CN(CCNC(=O)CCC1CCNCC1)CC(F)(F)F. The number of nitrogens with zero attached hydrogens (tertiary/aromatic N) is 1. The summed E-state index contributed by atoms with van der Waals surface area (Å²) in [6.07, 6.45) is -0.656. The Morgan fingerprint density at radius 3 is 2.60 bits per heavy atom. The zero-order chi connectivity index (χ0) is 15.0. The van der Waals surface area contributed by atoms with Crippen LogP contribution in [-0.4, -0.2) is 56.8 Å². The van der Waals surface area contributed by atoms with Gasteiger partial charge in [0, 0.05) is 19.5 Å². The molecule has 0 saturated carbocycles. The first-order valence-corrected chi connectivity index (χ1v) is 7.09. The van der Waals surface area contributed by atoms with Crippen LogP contribution >= 0.6 is 0 Å². The molecule has 0 atom stereocenters. The number of rotatable bonds is 7. The topological polar surface area (TPSA) is 44.4 Å². The molecule has 1 fully saturated rings. The van der Waals surface area contributed by atoms with Crippen LogP contribution in [0.1, 0.15) is 25.7 Å². The van der Waals surface area contributed by atoms with Crippen molar-refractivity contribution in [1.82, 2.24) is 15.5 Å². The van der Waals surface area contributed by atoms with E-state index in [1.165, 1.54) is 7.05 Å². The molecular formula is C13H24F3N3O. The number of likely N-dealkylation sites (N-methyl/N-ethyl adjacent to an activating group) is 1. The van der Waals surface area contributed by atoms with E-state index < -0.39 is 12.7 Å². The monoisotopic (exact) mass is 295 g/mol. The zero-order valence-corrected chi connectivity index (χ0v) is 11.9. The van der Waals surface area contributed by atoms with Crippen LogP contribution in [0.15, 0.2) is 0 Å². The van der Waals surface area contributed by atoms with Crippen LogP contribution in [0.4, 0.5) is 13.2 Å². The zero-order valence-electron chi connectivity index (χ0n) is 11.9. The maximum atomic E-state index is 12.1. The number of nitrogens with one attached hydrogen (secondary N) is 2. The molecule has 2 N–H and O–H groups in total. The van der Waals surface area contributed by atoms with Gasteiger partial charge in [-0.2, -0.15) is 13.2 Å². The number of piperidine rings is 1. The fraction of sp³-hybridized carbons (Fsp3) is 0.923. The van der Waals surface area contributed by atoms with E-state index in [1.807, 2.05) is 0 Å². The minimum Gasteiger partial charge on any atom is -0.355 e. The number of carbonyl (C=O) groups excluding carboxylic acids is 1. The van der Waals surface area contributed by atoms with E-state index >= 15 is 0 Å². The van der Waals surface area contributed by atoms with Crippen LogP contribution < -0.4 is 10.6 Å². The second-order valence-electron chi connectivity index (χ2n) is 5.43. The van der Waals surface area contributed by atoms with Gasteiger partial charge in [-0.15, -0.1) is 0 Å². The smallest absolute Gasteiger partial charge is 0.355 e. The number of halogens is 3. The Balaban J connectivity index is 2.04. The lowest BCUT2D eigenvalue weighted by Crippen LogP contribution is -2.37. The second-order valence-corrected chi connectivity index (χ2v) is 5.43. The Morgan fingerprint density at radius 1 is 1.35 bits per heavy atom. The first-order chi connectivity index (χ1) is 9.37. The van der Waals surface area contributed by atoms with Gasteiger partial charge in [0.1, 0.15) is 0 Å². The van der Waals surface area contributed by atoms with E-state index in [9.17, 15) is 18.0 Å². The van der Waals surface area contributed by atoms with Gasteiger partial charge in [-0.3, -0.25) is 9.69 Å². The minimum atomic E-state index is -4.19. The van der Waals surface area contributed by atoms with Crippen molar-refractivity contribution in [3.63, 3.8) is 0 Å². The average molecular weight is 295 g/mol. The number of alkyl halides is 3. The predicted octanol–water partition coefficient (Wildman–Crippen LogP) is 1.38. The molecular weight excluding hydrogens is 271 g/mol. The first-order valence-electron chi connectivity index (χ1n) is 7.09. The number of hydrogen-bond acceptors (Lipinski definition) is 3. The molecule has 0 spiro atoms. The summed E-state index contributed by atoms with van der Waals surface area (Å²) >= 11 is 0. The molecule has 7 heteroatoms. The lowest BCUT2D eigenvalue weighted by molar-refractivity contribution is -0.142. The summed E-state index contributed by atoms with van der Waals surface area (Å²) < 4.78 is 36.3. The minimum absolute atomic E-state index is 0.0658. The van der Waals surface area contributed by atoms with Crippen molar-refractivity contribution in [2.24, 2.45) is 5.92 Å². The van der Waals surface area contributed by atoms with Gasteiger partial charge in [0.05, 0.1) is 6.54 Å². The lowest BCUT2D eigenvalue weighted by atomic mass is 9.93. The molecule has 1 aliphatic rings. The van der Waals surface area contributed by atoms with E-state index in [-0.39, 0.29) is 19.0 Å². The number of amides is 1. The summed E-state index contributed by atoms with van der Waals surface area (Å²) in [6, 6.07) is 0. The Labute approximate surface area is 118 Å².